The van der Waals surface area contributed by atoms with Crippen molar-refractivity contribution in [1.82, 2.24) is 0 Å². The van der Waals surface area contributed by atoms with Crippen LogP contribution in [0.15, 0.2) is 24.3 Å². The summed E-state index contributed by atoms with van der Waals surface area (Å²) in [5.41, 5.74) is 1.38. The zero-order valence-electron chi connectivity index (χ0n) is 24.1. The predicted octanol–water partition coefficient (Wildman–Crippen LogP) is 8.47. The number of rotatable bonds is 27. The Kier molecular flexibility index (Phi) is 23.5. The maximum Gasteiger partial charge on any atom is 0.305 e. The van der Waals surface area contributed by atoms with Gasteiger partial charge in [0.25, 0.3) is 0 Å². The van der Waals surface area contributed by atoms with Gasteiger partial charge in [0.15, 0.2) is 0 Å². The first kappa shape index (κ1) is 33.4. The highest BCUT2D eigenvalue weighted by atomic mass is 16.6. The lowest BCUT2D eigenvalue weighted by molar-refractivity contribution is -0.145. The minimum absolute atomic E-state index is 0.115. The second kappa shape index (κ2) is 26.0. The molecule has 0 aliphatic heterocycles. The molecule has 0 N–H and O–H groups in total. The molecule has 5 heteroatoms. The third-order valence-electron chi connectivity index (χ3n) is 6.59. The summed E-state index contributed by atoms with van der Waals surface area (Å²) in [5, 5.41) is 0. The van der Waals surface area contributed by atoms with Gasteiger partial charge in [-0.2, -0.15) is 0 Å². The molecule has 214 valence electrons. The number of hydrogen-bond acceptors (Lipinski definition) is 5. The summed E-state index contributed by atoms with van der Waals surface area (Å²) in [7, 11) is 0. The molecule has 5 nitrogen and oxygen atoms in total. The van der Waals surface area contributed by atoms with E-state index >= 15 is 0 Å². The second-order valence-corrected chi connectivity index (χ2v) is 10.0. The summed E-state index contributed by atoms with van der Waals surface area (Å²) < 4.78 is 22.0. The number of hydrogen-bond donors (Lipinski definition) is 0. The zero-order valence-corrected chi connectivity index (χ0v) is 24.1. The molecule has 37 heavy (non-hydrogen) atoms. The van der Waals surface area contributed by atoms with E-state index < -0.39 is 0 Å². The highest BCUT2D eigenvalue weighted by molar-refractivity contribution is 5.69. The van der Waals surface area contributed by atoms with Gasteiger partial charge >= 0.3 is 5.97 Å². The summed E-state index contributed by atoms with van der Waals surface area (Å²) in [5.74, 6) is 0.770. The van der Waals surface area contributed by atoms with E-state index in [0.717, 1.165) is 25.0 Å². The van der Waals surface area contributed by atoms with Crippen molar-refractivity contribution >= 4 is 5.97 Å². The fourth-order valence-corrected chi connectivity index (χ4v) is 4.27. The Morgan fingerprint density at radius 2 is 1.05 bits per heavy atom. The van der Waals surface area contributed by atoms with Crippen LogP contribution in [0, 0.1) is 0 Å². The van der Waals surface area contributed by atoms with Gasteiger partial charge in [0.1, 0.15) is 19.0 Å². The van der Waals surface area contributed by atoms with E-state index in [9.17, 15) is 4.79 Å². The van der Waals surface area contributed by atoms with E-state index in [0.29, 0.717) is 46.1 Å². The number of aryl methyl sites for hydroxylation is 1. The van der Waals surface area contributed by atoms with E-state index in [1.165, 1.54) is 89.0 Å². The molecule has 0 heterocycles. The minimum Gasteiger partial charge on any atom is -0.491 e. The Bertz CT molecular complexity index is 616. The summed E-state index contributed by atoms with van der Waals surface area (Å²) in [6.07, 6.45) is 20.9. The Morgan fingerprint density at radius 3 is 1.65 bits per heavy atom. The van der Waals surface area contributed by atoms with Gasteiger partial charge in [0, 0.05) is 6.42 Å². The highest BCUT2D eigenvalue weighted by Gasteiger charge is 2.03. The van der Waals surface area contributed by atoms with E-state index in [1.807, 2.05) is 12.1 Å². The van der Waals surface area contributed by atoms with Crippen molar-refractivity contribution in [3.8, 4) is 5.75 Å². The molecule has 0 unspecified atom stereocenters. The van der Waals surface area contributed by atoms with Crippen LogP contribution in [0.5, 0.6) is 5.75 Å². The van der Waals surface area contributed by atoms with Crippen molar-refractivity contribution in [1.29, 1.82) is 0 Å². The van der Waals surface area contributed by atoms with Crippen LogP contribution in [0.25, 0.3) is 0 Å². The number of unbranched alkanes of at least 4 members (excludes halogenated alkanes) is 13. The molecule has 0 spiro atoms. The molecule has 0 atom stereocenters. The largest absolute Gasteiger partial charge is 0.491 e. The first-order valence-corrected chi connectivity index (χ1v) is 15.3. The Hall–Kier alpha value is -1.59. The second-order valence-electron chi connectivity index (χ2n) is 10.0. The fraction of sp³-hybridized carbons (Fsp3) is 0.781. The van der Waals surface area contributed by atoms with Crippen molar-refractivity contribution in [2.75, 3.05) is 39.6 Å². The fourth-order valence-electron chi connectivity index (χ4n) is 4.27. The van der Waals surface area contributed by atoms with Gasteiger partial charge in [-0.1, -0.05) is 109 Å². The maximum absolute atomic E-state index is 11.8. The molecule has 1 aromatic carbocycles. The third-order valence-corrected chi connectivity index (χ3v) is 6.59. The van der Waals surface area contributed by atoms with Gasteiger partial charge in [0.05, 0.1) is 26.4 Å². The van der Waals surface area contributed by atoms with Gasteiger partial charge in [-0.25, -0.2) is 0 Å². The van der Waals surface area contributed by atoms with Gasteiger partial charge in [0.2, 0.25) is 0 Å². The molecule has 1 aromatic rings. The summed E-state index contributed by atoms with van der Waals surface area (Å²) in [4.78, 5) is 11.8. The molecule has 0 fully saturated rings. The first-order chi connectivity index (χ1) is 18.3. The average molecular weight is 521 g/mol. The highest BCUT2D eigenvalue weighted by Crippen LogP contribution is 2.15. The zero-order chi connectivity index (χ0) is 26.7. The Morgan fingerprint density at radius 1 is 0.568 bits per heavy atom. The van der Waals surface area contributed by atoms with Crippen LogP contribution in [0.3, 0.4) is 0 Å². The topological polar surface area (TPSA) is 54.0 Å². The summed E-state index contributed by atoms with van der Waals surface area (Å²) >= 11 is 0. The lowest BCUT2D eigenvalue weighted by Crippen LogP contribution is -2.14. The SMILES string of the molecule is CCCCCCCCCCCC(=O)OCCOCCOCCOc1ccc(CCCCCCCC)cc1. The van der Waals surface area contributed by atoms with Crippen LogP contribution in [0.1, 0.15) is 122 Å². The molecule has 0 saturated carbocycles. The number of carbonyl (C=O) groups excluding carboxylic acids is 1. The molecular weight excluding hydrogens is 464 g/mol. The van der Waals surface area contributed by atoms with Crippen molar-refractivity contribution in [3.63, 3.8) is 0 Å². The number of esters is 1. The van der Waals surface area contributed by atoms with Crippen LogP contribution < -0.4 is 4.74 Å². The molecule has 0 amide bonds. The standard InChI is InChI=1S/C32H56O5/c1-3-5-7-9-11-12-13-15-17-19-32(33)37-29-27-35-25-24-34-26-28-36-31-22-20-30(21-23-31)18-16-14-10-8-6-4-2/h20-23H,3-19,24-29H2,1-2H3. The van der Waals surface area contributed by atoms with Crippen LogP contribution in [-0.4, -0.2) is 45.6 Å². The molecule has 0 bridgehead atoms. The van der Waals surface area contributed by atoms with Crippen molar-refractivity contribution in [3.05, 3.63) is 29.8 Å². The van der Waals surface area contributed by atoms with E-state index in [4.69, 9.17) is 18.9 Å². The predicted molar refractivity (Wildman–Crippen MR) is 153 cm³/mol. The lowest BCUT2D eigenvalue weighted by atomic mass is 10.0. The monoisotopic (exact) mass is 520 g/mol. The van der Waals surface area contributed by atoms with Gasteiger partial charge in [-0.3, -0.25) is 4.79 Å². The smallest absolute Gasteiger partial charge is 0.305 e. The molecule has 0 aromatic heterocycles. The van der Waals surface area contributed by atoms with Crippen LogP contribution in [-0.2, 0) is 25.4 Å². The van der Waals surface area contributed by atoms with Crippen molar-refractivity contribution in [2.24, 2.45) is 0 Å². The first-order valence-electron chi connectivity index (χ1n) is 15.3. The van der Waals surface area contributed by atoms with E-state index in [1.54, 1.807) is 0 Å². The van der Waals surface area contributed by atoms with Crippen LogP contribution in [0.4, 0.5) is 0 Å². The molecule has 0 saturated heterocycles. The van der Waals surface area contributed by atoms with E-state index in [-0.39, 0.29) is 5.97 Å². The Balaban J connectivity index is 1.84. The number of carbonyl (C=O) groups is 1. The van der Waals surface area contributed by atoms with Crippen molar-refractivity contribution < 1.29 is 23.7 Å². The van der Waals surface area contributed by atoms with Gasteiger partial charge in [-0.05, 0) is 37.0 Å². The quantitative estimate of drug-likeness (QED) is 0.0860. The number of benzene rings is 1. The third kappa shape index (κ3) is 22.1. The molecule has 1 rings (SSSR count). The summed E-state index contributed by atoms with van der Waals surface area (Å²) in [6.45, 7) is 7.27. The molecule has 0 radical (unpaired) electrons. The van der Waals surface area contributed by atoms with Crippen LogP contribution in [0.2, 0.25) is 0 Å². The molecule has 0 aliphatic carbocycles. The van der Waals surface area contributed by atoms with E-state index in [2.05, 4.69) is 26.0 Å². The summed E-state index contributed by atoms with van der Waals surface area (Å²) in [6, 6.07) is 8.43. The van der Waals surface area contributed by atoms with Gasteiger partial charge in [-0.15, -0.1) is 0 Å². The number of ether oxygens (including phenoxy) is 4. The minimum atomic E-state index is -0.115. The molecular formula is C32H56O5. The van der Waals surface area contributed by atoms with Crippen molar-refractivity contribution in [2.45, 2.75) is 123 Å². The Labute approximate surface area is 228 Å². The van der Waals surface area contributed by atoms with Gasteiger partial charge < -0.3 is 18.9 Å². The normalized spacial score (nSPS) is 11.1. The average Bonchev–Trinajstić information content (AvgIpc) is 2.91. The lowest BCUT2D eigenvalue weighted by Gasteiger charge is -2.09. The van der Waals surface area contributed by atoms with Crippen LogP contribution >= 0.6 is 0 Å². The maximum atomic E-state index is 11.8. The molecule has 0 aliphatic rings.